The minimum atomic E-state index is 0.0464. The summed E-state index contributed by atoms with van der Waals surface area (Å²) in [6, 6.07) is 0.0464. The molecule has 0 aromatic heterocycles. The Kier molecular flexibility index (Phi) is 5.26. The van der Waals surface area contributed by atoms with Crippen LogP contribution in [-0.4, -0.2) is 30.1 Å². The van der Waals surface area contributed by atoms with Crippen molar-refractivity contribution in [3.63, 3.8) is 0 Å². The highest BCUT2D eigenvalue weighted by molar-refractivity contribution is 5.83. The van der Waals surface area contributed by atoms with E-state index < -0.39 is 0 Å². The molecule has 1 fully saturated rings. The predicted octanol–water partition coefficient (Wildman–Crippen LogP) is 2.23. The third-order valence-corrected chi connectivity index (χ3v) is 3.21. The van der Waals surface area contributed by atoms with Crippen LogP contribution in [0.5, 0.6) is 0 Å². The Labute approximate surface area is 99.6 Å². The average molecular weight is 226 g/mol. The number of nitrogens with zero attached hydrogens (tertiary/aromatic N) is 1. The van der Waals surface area contributed by atoms with Gasteiger partial charge in [-0.3, -0.25) is 10.1 Å². The fourth-order valence-electron chi connectivity index (χ4n) is 2.14. The molecular weight excluding hydrogens is 200 g/mol. The topological polar surface area (TPSA) is 32.3 Å². The summed E-state index contributed by atoms with van der Waals surface area (Å²) >= 11 is 0. The van der Waals surface area contributed by atoms with Gasteiger partial charge in [-0.2, -0.15) is 0 Å². The molecule has 0 bridgehead atoms. The van der Waals surface area contributed by atoms with E-state index >= 15 is 0 Å². The van der Waals surface area contributed by atoms with E-state index in [9.17, 15) is 4.79 Å². The van der Waals surface area contributed by atoms with Gasteiger partial charge in [0.15, 0.2) is 0 Å². The van der Waals surface area contributed by atoms with Crippen molar-refractivity contribution in [2.75, 3.05) is 13.2 Å². The SMILES string of the molecule is CC(C)CCCCN1CNC(C(C)C)C1=O. The van der Waals surface area contributed by atoms with E-state index in [1.165, 1.54) is 12.8 Å². The van der Waals surface area contributed by atoms with Gasteiger partial charge in [-0.25, -0.2) is 0 Å². The molecule has 0 radical (unpaired) electrons. The Morgan fingerprint density at radius 2 is 2.00 bits per heavy atom. The third kappa shape index (κ3) is 3.78. The maximum atomic E-state index is 11.9. The Hall–Kier alpha value is -0.570. The van der Waals surface area contributed by atoms with E-state index in [0.29, 0.717) is 11.8 Å². The van der Waals surface area contributed by atoms with Gasteiger partial charge >= 0.3 is 0 Å². The predicted molar refractivity (Wildman–Crippen MR) is 67.0 cm³/mol. The fraction of sp³-hybridized carbons (Fsp3) is 0.923. The maximum Gasteiger partial charge on any atom is 0.241 e. The molecule has 1 unspecified atom stereocenters. The molecule has 1 N–H and O–H groups in total. The van der Waals surface area contributed by atoms with Crippen LogP contribution >= 0.6 is 0 Å². The van der Waals surface area contributed by atoms with Crippen molar-refractivity contribution in [1.82, 2.24) is 10.2 Å². The second kappa shape index (κ2) is 6.24. The summed E-state index contributed by atoms with van der Waals surface area (Å²) in [6.45, 7) is 10.3. The van der Waals surface area contributed by atoms with Crippen LogP contribution in [0.4, 0.5) is 0 Å². The van der Waals surface area contributed by atoms with Gasteiger partial charge in [-0.1, -0.05) is 40.5 Å². The van der Waals surface area contributed by atoms with Crippen LogP contribution in [0.1, 0.15) is 47.0 Å². The molecule has 1 aliphatic rings. The molecule has 94 valence electrons. The Morgan fingerprint density at radius 3 is 2.50 bits per heavy atom. The van der Waals surface area contributed by atoms with Crippen molar-refractivity contribution < 1.29 is 4.79 Å². The molecule has 0 aromatic rings. The smallest absolute Gasteiger partial charge is 0.241 e. The Balaban J connectivity index is 2.22. The first-order valence-electron chi connectivity index (χ1n) is 6.54. The van der Waals surface area contributed by atoms with Crippen LogP contribution in [0.2, 0.25) is 0 Å². The van der Waals surface area contributed by atoms with Crippen molar-refractivity contribution in [3.8, 4) is 0 Å². The summed E-state index contributed by atoms with van der Waals surface area (Å²) in [5.74, 6) is 1.46. The first-order chi connectivity index (χ1) is 7.52. The van der Waals surface area contributed by atoms with Gasteiger partial charge in [0.05, 0.1) is 12.7 Å². The lowest BCUT2D eigenvalue weighted by molar-refractivity contribution is -0.129. The first-order valence-corrected chi connectivity index (χ1v) is 6.54. The number of hydrogen-bond donors (Lipinski definition) is 1. The van der Waals surface area contributed by atoms with Gasteiger partial charge in [-0.05, 0) is 18.3 Å². The molecule has 1 rings (SSSR count). The van der Waals surface area contributed by atoms with Crippen LogP contribution in [0.3, 0.4) is 0 Å². The molecule has 1 saturated heterocycles. The summed E-state index contributed by atoms with van der Waals surface area (Å²) in [4.78, 5) is 13.9. The highest BCUT2D eigenvalue weighted by Crippen LogP contribution is 2.13. The maximum absolute atomic E-state index is 11.9. The van der Waals surface area contributed by atoms with E-state index in [1.807, 2.05) is 4.90 Å². The molecule has 3 nitrogen and oxygen atoms in total. The number of amides is 1. The van der Waals surface area contributed by atoms with Crippen LogP contribution < -0.4 is 5.32 Å². The zero-order chi connectivity index (χ0) is 12.1. The molecule has 1 aliphatic heterocycles. The van der Waals surface area contributed by atoms with Crippen molar-refractivity contribution in [2.45, 2.75) is 53.0 Å². The zero-order valence-electron chi connectivity index (χ0n) is 11.1. The van der Waals surface area contributed by atoms with E-state index in [4.69, 9.17) is 0 Å². The van der Waals surface area contributed by atoms with Crippen molar-refractivity contribution in [2.24, 2.45) is 11.8 Å². The number of unbranched alkanes of at least 4 members (excludes halogenated alkanes) is 1. The van der Waals surface area contributed by atoms with Gasteiger partial charge in [0.2, 0.25) is 5.91 Å². The van der Waals surface area contributed by atoms with E-state index in [2.05, 4.69) is 33.0 Å². The lowest BCUT2D eigenvalue weighted by Crippen LogP contribution is -2.35. The third-order valence-electron chi connectivity index (χ3n) is 3.21. The van der Waals surface area contributed by atoms with Gasteiger partial charge < -0.3 is 4.90 Å². The van der Waals surface area contributed by atoms with Gasteiger partial charge in [0.1, 0.15) is 0 Å². The van der Waals surface area contributed by atoms with Crippen molar-refractivity contribution >= 4 is 5.91 Å². The van der Waals surface area contributed by atoms with Crippen molar-refractivity contribution in [1.29, 1.82) is 0 Å². The van der Waals surface area contributed by atoms with E-state index in [1.54, 1.807) is 0 Å². The largest absolute Gasteiger partial charge is 0.329 e. The number of carbonyl (C=O) groups excluding carboxylic acids is 1. The summed E-state index contributed by atoms with van der Waals surface area (Å²) in [5, 5.41) is 3.28. The molecule has 0 saturated carbocycles. The summed E-state index contributed by atoms with van der Waals surface area (Å²) in [6.07, 6.45) is 3.63. The van der Waals surface area contributed by atoms with Crippen LogP contribution in [0.25, 0.3) is 0 Å². The summed E-state index contributed by atoms with van der Waals surface area (Å²) < 4.78 is 0. The fourth-order valence-corrected chi connectivity index (χ4v) is 2.14. The summed E-state index contributed by atoms with van der Waals surface area (Å²) in [7, 11) is 0. The zero-order valence-corrected chi connectivity index (χ0v) is 11.1. The lowest BCUT2D eigenvalue weighted by Gasteiger charge is -2.16. The monoisotopic (exact) mass is 226 g/mol. The van der Waals surface area contributed by atoms with Crippen LogP contribution in [0, 0.1) is 11.8 Å². The first kappa shape index (κ1) is 13.5. The molecular formula is C13H26N2O. The molecule has 0 aliphatic carbocycles. The van der Waals surface area contributed by atoms with E-state index in [0.717, 1.165) is 25.6 Å². The Morgan fingerprint density at radius 1 is 1.31 bits per heavy atom. The number of carbonyl (C=O) groups is 1. The van der Waals surface area contributed by atoms with Gasteiger partial charge in [0, 0.05) is 6.54 Å². The number of nitrogens with one attached hydrogen (secondary N) is 1. The minimum Gasteiger partial charge on any atom is -0.329 e. The quantitative estimate of drug-likeness (QED) is 0.704. The molecule has 1 atom stereocenters. The number of rotatable bonds is 6. The molecule has 3 heteroatoms. The highest BCUT2D eigenvalue weighted by Gasteiger charge is 2.32. The molecule has 0 aromatic carbocycles. The normalized spacial score (nSPS) is 21.5. The summed E-state index contributed by atoms with van der Waals surface area (Å²) in [5.41, 5.74) is 0. The average Bonchev–Trinajstić information content (AvgIpc) is 2.54. The minimum absolute atomic E-state index is 0.0464. The van der Waals surface area contributed by atoms with Gasteiger partial charge in [0.25, 0.3) is 0 Å². The molecule has 1 heterocycles. The van der Waals surface area contributed by atoms with Crippen molar-refractivity contribution in [3.05, 3.63) is 0 Å². The lowest BCUT2D eigenvalue weighted by atomic mass is 10.0. The molecule has 1 amide bonds. The van der Waals surface area contributed by atoms with Gasteiger partial charge in [-0.15, -0.1) is 0 Å². The molecule has 16 heavy (non-hydrogen) atoms. The molecule has 0 spiro atoms. The second-order valence-corrected chi connectivity index (χ2v) is 5.58. The highest BCUT2D eigenvalue weighted by atomic mass is 16.2. The van der Waals surface area contributed by atoms with Crippen LogP contribution in [0.15, 0.2) is 0 Å². The van der Waals surface area contributed by atoms with Crippen LogP contribution in [-0.2, 0) is 4.79 Å². The second-order valence-electron chi connectivity index (χ2n) is 5.58. The number of hydrogen-bond acceptors (Lipinski definition) is 2. The Bertz CT molecular complexity index is 226. The standard InChI is InChI=1S/C13H26N2O/c1-10(2)7-5-6-8-15-9-14-12(11(3)4)13(15)16/h10-12,14H,5-9H2,1-4H3. The van der Waals surface area contributed by atoms with E-state index in [-0.39, 0.29) is 6.04 Å².